The quantitative estimate of drug-likeness (QED) is 0.571. The van der Waals surface area contributed by atoms with Gasteiger partial charge in [0, 0.05) is 36.9 Å². The molecule has 3 aromatic rings. The van der Waals surface area contributed by atoms with Crippen LogP contribution in [0.4, 0.5) is 5.69 Å². The van der Waals surface area contributed by atoms with Gasteiger partial charge in [-0.15, -0.1) is 0 Å². The van der Waals surface area contributed by atoms with E-state index in [2.05, 4.69) is 90.7 Å². The first kappa shape index (κ1) is 23.8. The fourth-order valence-electron chi connectivity index (χ4n) is 3.02. The highest BCUT2D eigenvalue weighted by molar-refractivity contribution is 5.70. The number of carboxylic acid groups (broad SMARTS) is 1. The first-order chi connectivity index (χ1) is 15.0. The molecule has 0 saturated carbocycles. The molecule has 0 bridgehead atoms. The fourth-order valence-corrected chi connectivity index (χ4v) is 3.02. The van der Waals surface area contributed by atoms with Gasteiger partial charge in [-0.25, -0.2) is 4.57 Å². The number of carboxylic acids is 1. The smallest absolute Gasteiger partial charge is 0.171 e. The Morgan fingerprint density at radius 1 is 0.968 bits per heavy atom. The van der Waals surface area contributed by atoms with Gasteiger partial charge in [0.1, 0.15) is 6.61 Å². The minimum absolute atomic E-state index is 0.158. The fraction of sp³-hybridized carbons (Fsp3) is 0.231. The van der Waals surface area contributed by atoms with Gasteiger partial charge in [0.15, 0.2) is 18.9 Å². The van der Waals surface area contributed by atoms with E-state index in [4.69, 9.17) is 15.0 Å². The number of hydrogen-bond donors (Lipinski definition) is 1. The maximum absolute atomic E-state index is 8.96. The van der Waals surface area contributed by atoms with Crippen LogP contribution in [-0.2, 0) is 17.9 Å². The van der Waals surface area contributed by atoms with Crippen molar-refractivity contribution in [3.05, 3.63) is 95.8 Å². The second-order valence-electron chi connectivity index (χ2n) is 7.01. The van der Waals surface area contributed by atoms with Gasteiger partial charge in [-0.1, -0.05) is 54.6 Å². The van der Waals surface area contributed by atoms with Crippen molar-refractivity contribution in [3.8, 4) is 0 Å². The standard InChI is InChI=1S/C24H27N2O.C2H4O2/c1-2-26(20-23-6-4-3-5-7-23)24-12-10-21(11-13-24)8-9-22-14-16-25(17-15-22)18-19-27;1-2(3)4/h3-17,27H,2,18-20H2,1H3;1H3,(H,3,4)/q+1;/p-1. The van der Waals surface area contributed by atoms with E-state index < -0.39 is 5.97 Å². The van der Waals surface area contributed by atoms with Gasteiger partial charge in [-0.3, -0.25) is 0 Å². The van der Waals surface area contributed by atoms with Crippen molar-refractivity contribution in [1.82, 2.24) is 0 Å². The zero-order valence-corrected chi connectivity index (χ0v) is 18.1. The van der Waals surface area contributed by atoms with Crippen molar-refractivity contribution in [2.24, 2.45) is 0 Å². The monoisotopic (exact) mass is 418 g/mol. The molecule has 162 valence electrons. The Balaban J connectivity index is 0.000000785. The highest BCUT2D eigenvalue weighted by atomic mass is 16.4. The average molecular weight is 419 g/mol. The summed E-state index contributed by atoms with van der Waals surface area (Å²) in [6.45, 7) is 5.84. The van der Waals surface area contributed by atoms with Crippen LogP contribution in [0.15, 0.2) is 79.1 Å². The van der Waals surface area contributed by atoms with Crippen LogP contribution >= 0.6 is 0 Å². The van der Waals surface area contributed by atoms with Gasteiger partial charge in [-0.2, -0.15) is 0 Å². The van der Waals surface area contributed by atoms with Crippen molar-refractivity contribution in [2.45, 2.75) is 26.9 Å². The Labute approximate surface area is 184 Å². The van der Waals surface area contributed by atoms with Crippen molar-refractivity contribution in [1.29, 1.82) is 0 Å². The third-order valence-electron chi connectivity index (χ3n) is 4.60. The van der Waals surface area contributed by atoms with E-state index in [0.717, 1.165) is 25.6 Å². The third kappa shape index (κ3) is 8.84. The second kappa shape index (κ2) is 13.0. The van der Waals surface area contributed by atoms with Gasteiger partial charge in [0.25, 0.3) is 0 Å². The number of aliphatic hydroxyl groups excluding tert-OH is 1. The maximum Gasteiger partial charge on any atom is 0.171 e. The lowest BCUT2D eigenvalue weighted by Gasteiger charge is -2.23. The van der Waals surface area contributed by atoms with Crippen LogP contribution < -0.4 is 14.6 Å². The zero-order chi connectivity index (χ0) is 22.5. The molecule has 2 aromatic carbocycles. The Bertz CT molecular complexity index is 933. The molecule has 5 nitrogen and oxygen atoms in total. The first-order valence-electron chi connectivity index (χ1n) is 10.4. The summed E-state index contributed by atoms with van der Waals surface area (Å²) in [5.74, 6) is -1.08. The SMILES string of the molecule is CC(=O)[O-].CCN(Cc1ccccc1)c1ccc(C=Cc2cc[n+](CCO)cc2)cc1. The molecule has 1 heterocycles. The number of pyridine rings is 1. The molecular weight excluding hydrogens is 388 g/mol. The largest absolute Gasteiger partial charge is 0.550 e. The molecule has 1 N–H and O–H groups in total. The molecule has 3 rings (SSSR count). The highest BCUT2D eigenvalue weighted by Crippen LogP contribution is 2.19. The molecule has 0 unspecified atom stereocenters. The predicted molar refractivity (Wildman–Crippen MR) is 123 cm³/mol. The molecule has 0 aliphatic heterocycles. The summed E-state index contributed by atoms with van der Waals surface area (Å²) in [7, 11) is 0. The lowest BCUT2D eigenvalue weighted by atomic mass is 10.1. The Morgan fingerprint density at radius 3 is 2.03 bits per heavy atom. The Morgan fingerprint density at radius 2 is 1.52 bits per heavy atom. The second-order valence-corrected chi connectivity index (χ2v) is 7.01. The number of nitrogens with zero attached hydrogens (tertiary/aromatic N) is 2. The van der Waals surface area contributed by atoms with Gasteiger partial charge in [0.2, 0.25) is 0 Å². The first-order valence-corrected chi connectivity index (χ1v) is 10.4. The topological polar surface area (TPSA) is 67.5 Å². The number of aliphatic carboxylic acids is 1. The molecule has 0 aliphatic rings. The molecule has 0 fully saturated rings. The Hall–Kier alpha value is -3.44. The van der Waals surface area contributed by atoms with E-state index in [0.29, 0.717) is 6.54 Å². The Kier molecular flexibility index (Phi) is 9.98. The summed E-state index contributed by atoms with van der Waals surface area (Å²) in [6.07, 6.45) is 8.21. The number of benzene rings is 2. The molecule has 0 saturated heterocycles. The minimum atomic E-state index is -1.08. The summed E-state index contributed by atoms with van der Waals surface area (Å²) < 4.78 is 1.97. The van der Waals surface area contributed by atoms with Crippen LogP contribution in [0.25, 0.3) is 12.2 Å². The molecule has 0 radical (unpaired) electrons. The lowest BCUT2D eigenvalue weighted by Crippen LogP contribution is -2.34. The van der Waals surface area contributed by atoms with Crippen molar-refractivity contribution in [3.63, 3.8) is 0 Å². The molecule has 0 spiro atoms. The molecule has 31 heavy (non-hydrogen) atoms. The number of aromatic nitrogens is 1. The summed E-state index contributed by atoms with van der Waals surface area (Å²) in [4.78, 5) is 11.3. The normalized spacial score (nSPS) is 10.4. The van der Waals surface area contributed by atoms with E-state index in [1.807, 2.05) is 17.0 Å². The van der Waals surface area contributed by atoms with E-state index in [-0.39, 0.29) is 6.61 Å². The number of rotatable bonds is 8. The van der Waals surface area contributed by atoms with E-state index in [9.17, 15) is 0 Å². The lowest BCUT2D eigenvalue weighted by molar-refractivity contribution is -0.698. The molecular formula is C26H30N2O3. The number of aliphatic hydroxyl groups is 1. The van der Waals surface area contributed by atoms with Crippen LogP contribution in [0.3, 0.4) is 0 Å². The van der Waals surface area contributed by atoms with Gasteiger partial charge >= 0.3 is 0 Å². The number of carbonyl (C=O) groups excluding carboxylic acids is 1. The summed E-state index contributed by atoms with van der Waals surface area (Å²) >= 11 is 0. The molecule has 0 amide bonds. The molecule has 1 aromatic heterocycles. The minimum Gasteiger partial charge on any atom is -0.550 e. The summed E-state index contributed by atoms with van der Waals surface area (Å²) in [5, 5.41) is 17.9. The van der Waals surface area contributed by atoms with Crippen molar-refractivity contribution in [2.75, 3.05) is 18.1 Å². The van der Waals surface area contributed by atoms with Gasteiger partial charge in [-0.05, 0) is 42.7 Å². The van der Waals surface area contributed by atoms with Crippen molar-refractivity contribution < 1.29 is 19.6 Å². The molecule has 5 heteroatoms. The maximum atomic E-state index is 8.96. The number of hydrogen-bond acceptors (Lipinski definition) is 4. The van der Waals surface area contributed by atoms with E-state index in [1.54, 1.807) is 0 Å². The van der Waals surface area contributed by atoms with E-state index >= 15 is 0 Å². The molecule has 0 atom stereocenters. The average Bonchev–Trinajstić information content (AvgIpc) is 2.78. The van der Waals surface area contributed by atoms with Crippen LogP contribution in [0.1, 0.15) is 30.5 Å². The van der Waals surface area contributed by atoms with Crippen LogP contribution in [-0.4, -0.2) is 24.2 Å². The number of anilines is 1. The zero-order valence-electron chi connectivity index (χ0n) is 18.1. The van der Waals surface area contributed by atoms with Gasteiger partial charge in [0.05, 0.1) is 0 Å². The van der Waals surface area contributed by atoms with Gasteiger partial charge < -0.3 is 19.9 Å². The summed E-state index contributed by atoms with van der Waals surface area (Å²) in [5.41, 5.74) is 4.89. The molecule has 0 aliphatic carbocycles. The van der Waals surface area contributed by atoms with Crippen LogP contribution in [0, 0.1) is 0 Å². The third-order valence-corrected chi connectivity index (χ3v) is 4.60. The van der Waals surface area contributed by atoms with E-state index in [1.165, 1.54) is 16.8 Å². The summed E-state index contributed by atoms with van der Waals surface area (Å²) in [6, 6.07) is 23.4. The van der Waals surface area contributed by atoms with Crippen LogP contribution in [0.2, 0.25) is 0 Å². The number of carbonyl (C=O) groups is 1. The highest BCUT2D eigenvalue weighted by Gasteiger charge is 2.05. The predicted octanol–water partition coefficient (Wildman–Crippen LogP) is 2.92. The van der Waals surface area contributed by atoms with Crippen LogP contribution in [0.5, 0.6) is 0 Å². The van der Waals surface area contributed by atoms with Crippen molar-refractivity contribution >= 4 is 23.8 Å².